The summed E-state index contributed by atoms with van der Waals surface area (Å²) >= 11 is 0. The van der Waals surface area contributed by atoms with Gasteiger partial charge in [0.1, 0.15) is 5.82 Å². The van der Waals surface area contributed by atoms with Crippen molar-refractivity contribution in [1.29, 1.82) is 0 Å². The van der Waals surface area contributed by atoms with Crippen LogP contribution in [0.2, 0.25) is 0 Å². The summed E-state index contributed by atoms with van der Waals surface area (Å²) in [5.74, 6) is 1.64. The van der Waals surface area contributed by atoms with E-state index in [1.54, 1.807) is 6.20 Å². The van der Waals surface area contributed by atoms with Crippen molar-refractivity contribution in [3.05, 3.63) is 12.3 Å². The molecule has 4 nitrogen and oxygen atoms in total. The SMILES string of the molecule is CCN(c1ccnc(NC)n1)C(C)C. The molecule has 1 rings (SSSR count). The maximum Gasteiger partial charge on any atom is 0.224 e. The van der Waals surface area contributed by atoms with Gasteiger partial charge >= 0.3 is 0 Å². The van der Waals surface area contributed by atoms with E-state index in [0.717, 1.165) is 12.4 Å². The van der Waals surface area contributed by atoms with Crippen molar-refractivity contribution in [2.24, 2.45) is 0 Å². The standard InChI is InChI=1S/C10H18N4/c1-5-14(8(2)3)9-6-7-12-10(11-4)13-9/h6-8H,5H2,1-4H3,(H,11,12,13). The minimum atomic E-state index is 0.458. The molecule has 1 N–H and O–H groups in total. The van der Waals surface area contributed by atoms with Crippen LogP contribution in [0.1, 0.15) is 20.8 Å². The zero-order chi connectivity index (χ0) is 10.6. The van der Waals surface area contributed by atoms with Crippen LogP contribution in [-0.4, -0.2) is 29.6 Å². The van der Waals surface area contributed by atoms with E-state index < -0.39 is 0 Å². The average molecular weight is 194 g/mol. The number of hydrogen-bond acceptors (Lipinski definition) is 4. The number of anilines is 2. The number of nitrogens with zero attached hydrogens (tertiary/aromatic N) is 3. The van der Waals surface area contributed by atoms with Crippen molar-refractivity contribution >= 4 is 11.8 Å². The Morgan fingerprint density at radius 1 is 1.50 bits per heavy atom. The predicted molar refractivity (Wildman–Crippen MR) is 59.7 cm³/mol. The van der Waals surface area contributed by atoms with Gasteiger partial charge in [-0.25, -0.2) is 4.98 Å². The van der Waals surface area contributed by atoms with Crippen LogP contribution in [0.5, 0.6) is 0 Å². The van der Waals surface area contributed by atoms with E-state index >= 15 is 0 Å². The lowest BCUT2D eigenvalue weighted by atomic mass is 10.3. The molecule has 0 aromatic carbocycles. The van der Waals surface area contributed by atoms with Crippen LogP contribution < -0.4 is 10.2 Å². The average Bonchev–Trinajstić information content (AvgIpc) is 2.19. The summed E-state index contributed by atoms with van der Waals surface area (Å²) in [5, 5.41) is 2.94. The lowest BCUT2D eigenvalue weighted by Gasteiger charge is -2.26. The van der Waals surface area contributed by atoms with Crippen molar-refractivity contribution < 1.29 is 0 Å². The molecule has 0 amide bonds. The fourth-order valence-electron chi connectivity index (χ4n) is 1.42. The first-order chi connectivity index (χ1) is 6.69. The van der Waals surface area contributed by atoms with Crippen LogP contribution in [0, 0.1) is 0 Å². The number of hydrogen-bond donors (Lipinski definition) is 1. The summed E-state index contributed by atoms with van der Waals surface area (Å²) in [6.45, 7) is 7.40. The Morgan fingerprint density at radius 3 is 2.71 bits per heavy atom. The summed E-state index contributed by atoms with van der Waals surface area (Å²) in [7, 11) is 1.82. The van der Waals surface area contributed by atoms with Crippen molar-refractivity contribution in [2.45, 2.75) is 26.8 Å². The van der Waals surface area contributed by atoms with Gasteiger partial charge in [-0.15, -0.1) is 0 Å². The Balaban J connectivity index is 2.92. The number of nitrogens with one attached hydrogen (secondary N) is 1. The molecule has 0 saturated heterocycles. The maximum absolute atomic E-state index is 4.39. The monoisotopic (exact) mass is 194 g/mol. The van der Waals surface area contributed by atoms with Gasteiger partial charge in [0.2, 0.25) is 5.95 Å². The number of rotatable bonds is 4. The van der Waals surface area contributed by atoms with Crippen LogP contribution in [0.4, 0.5) is 11.8 Å². The molecule has 0 saturated carbocycles. The zero-order valence-corrected chi connectivity index (χ0v) is 9.28. The maximum atomic E-state index is 4.39. The molecular weight excluding hydrogens is 176 g/mol. The minimum Gasteiger partial charge on any atom is -0.357 e. The first kappa shape index (κ1) is 10.8. The van der Waals surface area contributed by atoms with Gasteiger partial charge in [0.15, 0.2) is 0 Å². The highest BCUT2D eigenvalue weighted by Gasteiger charge is 2.09. The van der Waals surface area contributed by atoms with E-state index in [0.29, 0.717) is 12.0 Å². The van der Waals surface area contributed by atoms with Gasteiger partial charge in [-0.3, -0.25) is 0 Å². The van der Waals surface area contributed by atoms with Gasteiger partial charge in [0, 0.05) is 25.8 Å². The molecule has 0 aliphatic carbocycles. The Morgan fingerprint density at radius 2 is 2.21 bits per heavy atom. The van der Waals surface area contributed by atoms with E-state index in [2.05, 4.69) is 41.0 Å². The van der Waals surface area contributed by atoms with Crippen molar-refractivity contribution in [1.82, 2.24) is 9.97 Å². The van der Waals surface area contributed by atoms with Crippen LogP contribution in [0.15, 0.2) is 12.3 Å². The Labute approximate surface area is 85.4 Å². The van der Waals surface area contributed by atoms with E-state index in [1.165, 1.54) is 0 Å². The minimum absolute atomic E-state index is 0.458. The molecule has 78 valence electrons. The lowest BCUT2D eigenvalue weighted by Crippen LogP contribution is -2.31. The molecule has 0 atom stereocenters. The first-order valence-electron chi connectivity index (χ1n) is 4.96. The van der Waals surface area contributed by atoms with Gasteiger partial charge in [-0.2, -0.15) is 4.98 Å². The van der Waals surface area contributed by atoms with Crippen LogP contribution in [-0.2, 0) is 0 Å². The molecule has 0 bridgehead atoms. The lowest BCUT2D eigenvalue weighted by molar-refractivity contribution is 0.692. The van der Waals surface area contributed by atoms with E-state index in [-0.39, 0.29) is 0 Å². The van der Waals surface area contributed by atoms with Crippen molar-refractivity contribution in [2.75, 3.05) is 23.8 Å². The fraction of sp³-hybridized carbons (Fsp3) is 0.600. The Kier molecular flexibility index (Phi) is 3.68. The van der Waals surface area contributed by atoms with E-state index in [4.69, 9.17) is 0 Å². The summed E-state index contributed by atoms with van der Waals surface area (Å²) in [5.41, 5.74) is 0. The normalized spacial score (nSPS) is 10.4. The van der Waals surface area contributed by atoms with Gasteiger partial charge < -0.3 is 10.2 Å². The summed E-state index contributed by atoms with van der Waals surface area (Å²) in [6, 6.07) is 2.39. The molecule has 1 heterocycles. The van der Waals surface area contributed by atoms with Crippen molar-refractivity contribution in [3.8, 4) is 0 Å². The molecule has 0 aliphatic heterocycles. The third kappa shape index (κ3) is 2.34. The third-order valence-corrected chi connectivity index (χ3v) is 2.12. The summed E-state index contributed by atoms with van der Waals surface area (Å²) < 4.78 is 0. The molecule has 1 aromatic heterocycles. The smallest absolute Gasteiger partial charge is 0.224 e. The van der Waals surface area contributed by atoms with Gasteiger partial charge in [-0.1, -0.05) is 0 Å². The molecule has 14 heavy (non-hydrogen) atoms. The molecule has 0 spiro atoms. The number of aromatic nitrogens is 2. The van der Waals surface area contributed by atoms with Crippen LogP contribution in [0.25, 0.3) is 0 Å². The largest absolute Gasteiger partial charge is 0.357 e. The van der Waals surface area contributed by atoms with Crippen LogP contribution >= 0.6 is 0 Å². The second-order valence-electron chi connectivity index (χ2n) is 3.37. The van der Waals surface area contributed by atoms with E-state index in [1.807, 2.05) is 13.1 Å². The highest BCUT2D eigenvalue weighted by molar-refractivity contribution is 5.42. The second-order valence-corrected chi connectivity index (χ2v) is 3.37. The zero-order valence-electron chi connectivity index (χ0n) is 9.28. The summed E-state index contributed by atoms with van der Waals surface area (Å²) in [6.07, 6.45) is 1.78. The molecule has 0 aliphatic rings. The second kappa shape index (κ2) is 4.79. The Bertz CT molecular complexity index is 285. The topological polar surface area (TPSA) is 41.1 Å². The first-order valence-corrected chi connectivity index (χ1v) is 4.96. The quantitative estimate of drug-likeness (QED) is 0.793. The predicted octanol–water partition coefficient (Wildman–Crippen LogP) is 1.75. The van der Waals surface area contributed by atoms with E-state index in [9.17, 15) is 0 Å². The van der Waals surface area contributed by atoms with Gasteiger partial charge in [0.25, 0.3) is 0 Å². The van der Waals surface area contributed by atoms with Crippen molar-refractivity contribution in [3.63, 3.8) is 0 Å². The van der Waals surface area contributed by atoms with Gasteiger partial charge in [0.05, 0.1) is 0 Å². The highest BCUT2D eigenvalue weighted by Crippen LogP contribution is 2.14. The Hall–Kier alpha value is -1.32. The molecule has 0 unspecified atom stereocenters. The molecule has 4 heteroatoms. The molecular formula is C10H18N4. The fourth-order valence-corrected chi connectivity index (χ4v) is 1.42. The summed E-state index contributed by atoms with van der Waals surface area (Å²) in [4.78, 5) is 10.7. The highest BCUT2D eigenvalue weighted by atomic mass is 15.2. The molecule has 0 fully saturated rings. The van der Waals surface area contributed by atoms with Crippen LogP contribution in [0.3, 0.4) is 0 Å². The molecule has 0 radical (unpaired) electrons. The van der Waals surface area contributed by atoms with Gasteiger partial charge in [-0.05, 0) is 26.8 Å². The third-order valence-electron chi connectivity index (χ3n) is 2.12. The molecule has 1 aromatic rings.